The lowest BCUT2D eigenvalue weighted by Crippen LogP contribution is -2.20. The summed E-state index contributed by atoms with van der Waals surface area (Å²) in [6, 6.07) is 0. The van der Waals surface area contributed by atoms with Crippen molar-refractivity contribution in [3.05, 3.63) is 17.5 Å². The molecule has 0 aliphatic carbocycles. The number of carbonyl (C=O) groups is 2. The monoisotopic (exact) mass is 209 g/mol. The molecule has 2 N–H and O–H groups in total. The quantitative estimate of drug-likeness (QED) is 0.735. The predicted octanol–water partition coefficient (Wildman–Crippen LogP) is 0.478. The lowest BCUT2D eigenvalue weighted by molar-refractivity contribution is -0.118. The molecule has 0 aromatic carbocycles. The fraction of sp³-hybridized carbons (Fsp3) is 0.500. The van der Waals surface area contributed by atoms with Crippen LogP contribution in [0.1, 0.15) is 36.8 Å². The molecule has 1 aromatic heterocycles. The summed E-state index contributed by atoms with van der Waals surface area (Å²) in [4.78, 5) is 21.5. The number of hydrogen-bond donors (Lipinski definition) is 1. The molecule has 0 aliphatic rings. The lowest BCUT2D eigenvalue weighted by Gasteiger charge is -2.15. The van der Waals surface area contributed by atoms with E-state index >= 15 is 0 Å². The molecular weight excluding hydrogens is 194 g/mol. The van der Waals surface area contributed by atoms with Crippen LogP contribution in [0, 0.1) is 0 Å². The van der Waals surface area contributed by atoms with E-state index in [1.165, 1.54) is 4.68 Å². The molecule has 1 rings (SSSR count). The van der Waals surface area contributed by atoms with Crippen molar-refractivity contribution < 1.29 is 9.59 Å². The zero-order valence-electron chi connectivity index (χ0n) is 9.15. The molecule has 0 aliphatic heterocycles. The number of amides is 1. The van der Waals surface area contributed by atoms with Crippen LogP contribution in [-0.4, -0.2) is 22.0 Å². The second-order valence-corrected chi connectivity index (χ2v) is 4.46. The minimum Gasteiger partial charge on any atom is -0.368 e. The van der Waals surface area contributed by atoms with Crippen molar-refractivity contribution in [1.82, 2.24) is 9.78 Å². The van der Waals surface area contributed by atoms with Crippen LogP contribution in [0.2, 0.25) is 0 Å². The molecule has 1 heterocycles. The minimum atomic E-state index is -0.476. The highest BCUT2D eigenvalue weighted by Gasteiger charge is 2.22. The molecule has 0 saturated heterocycles. The van der Waals surface area contributed by atoms with E-state index in [2.05, 4.69) is 5.10 Å². The van der Waals surface area contributed by atoms with Crippen molar-refractivity contribution in [2.45, 2.75) is 32.7 Å². The maximum Gasteiger partial charge on any atom is 0.239 e. The first kappa shape index (κ1) is 11.4. The van der Waals surface area contributed by atoms with Crippen LogP contribution >= 0.6 is 0 Å². The molecule has 0 atom stereocenters. The average Bonchev–Trinajstić information content (AvgIpc) is 2.45. The molecule has 0 radical (unpaired) electrons. The van der Waals surface area contributed by atoms with Gasteiger partial charge in [0, 0.05) is 11.6 Å². The first-order valence-corrected chi connectivity index (χ1v) is 4.66. The maximum atomic E-state index is 10.8. The molecule has 0 unspecified atom stereocenters. The Kier molecular flexibility index (Phi) is 2.93. The van der Waals surface area contributed by atoms with Gasteiger partial charge in [0.25, 0.3) is 0 Å². The van der Waals surface area contributed by atoms with Gasteiger partial charge in [0.1, 0.15) is 6.54 Å². The van der Waals surface area contributed by atoms with Gasteiger partial charge in [-0.3, -0.25) is 14.3 Å². The number of nitrogens with zero attached hydrogens (tertiary/aromatic N) is 2. The number of hydrogen-bond acceptors (Lipinski definition) is 3. The molecule has 1 aromatic rings. The summed E-state index contributed by atoms with van der Waals surface area (Å²) < 4.78 is 1.40. The molecule has 0 spiro atoms. The van der Waals surface area contributed by atoms with Crippen LogP contribution in [0.25, 0.3) is 0 Å². The van der Waals surface area contributed by atoms with Crippen molar-refractivity contribution >= 4 is 12.2 Å². The molecule has 0 bridgehead atoms. The highest BCUT2D eigenvalue weighted by Crippen LogP contribution is 2.22. The van der Waals surface area contributed by atoms with Crippen molar-refractivity contribution in [2.75, 3.05) is 0 Å². The van der Waals surface area contributed by atoms with Crippen molar-refractivity contribution in [1.29, 1.82) is 0 Å². The SMILES string of the molecule is CC(C)(C)c1nn(CC(N)=O)cc1C=O. The fourth-order valence-corrected chi connectivity index (χ4v) is 1.35. The van der Waals surface area contributed by atoms with Crippen molar-refractivity contribution in [3.8, 4) is 0 Å². The summed E-state index contributed by atoms with van der Waals surface area (Å²) in [6.45, 7) is 5.86. The standard InChI is InChI=1S/C10H15N3O2/c1-10(2,3)9-7(6-14)4-13(12-9)5-8(11)15/h4,6H,5H2,1-3H3,(H2,11,15). The topological polar surface area (TPSA) is 78.0 Å². The molecule has 5 heteroatoms. The number of primary amides is 1. The van der Waals surface area contributed by atoms with Gasteiger partial charge >= 0.3 is 0 Å². The Bertz CT molecular complexity index is 388. The van der Waals surface area contributed by atoms with E-state index in [1.54, 1.807) is 6.20 Å². The van der Waals surface area contributed by atoms with Crippen molar-refractivity contribution in [2.24, 2.45) is 5.73 Å². The van der Waals surface area contributed by atoms with E-state index in [9.17, 15) is 9.59 Å². The normalized spacial score (nSPS) is 11.4. The van der Waals surface area contributed by atoms with Gasteiger partial charge in [-0.15, -0.1) is 0 Å². The van der Waals surface area contributed by atoms with Gasteiger partial charge in [0.15, 0.2) is 6.29 Å². The third-order valence-corrected chi connectivity index (χ3v) is 1.95. The summed E-state index contributed by atoms with van der Waals surface area (Å²) >= 11 is 0. The molecule has 0 saturated carbocycles. The van der Waals surface area contributed by atoms with Crippen LogP contribution in [0.15, 0.2) is 6.20 Å². The first-order chi connectivity index (χ1) is 6.84. The van der Waals surface area contributed by atoms with Gasteiger partial charge in [-0.05, 0) is 0 Å². The fourth-order valence-electron chi connectivity index (χ4n) is 1.35. The van der Waals surface area contributed by atoms with Crippen LogP contribution in [0.4, 0.5) is 0 Å². The van der Waals surface area contributed by atoms with Gasteiger partial charge in [-0.2, -0.15) is 5.10 Å². The number of aromatic nitrogens is 2. The van der Waals surface area contributed by atoms with Gasteiger partial charge in [-0.1, -0.05) is 20.8 Å². The second kappa shape index (κ2) is 3.84. The zero-order valence-corrected chi connectivity index (χ0v) is 9.15. The Hall–Kier alpha value is -1.65. The minimum absolute atomic E-state index is 0.00306. The van der Waals surface area contributed by atoms with E-state index in [4.69, 9.17) is 5.73 Å². The third-order valence-electron chi connectivity index (χ3n) is 1.95. The van der Waals surface area contributed by atoms with Gasteiger partial charge < -0.3 is 5.73 Å². The maximum absolute atomic E-state index is 10.8. The van der Waals surface area contributed by atoms with Gasteiger partial charge in [0.05, 0.1) is 11.3 Å². The Morgan fingerprint density at radius 2 is 2.20 bits per heavy atom. The molecule has 15 heavy (non-hydrogen) atoms. The number of nitrogens with two attached hydrogens (primary N) is 1. The largest absolute Gasteiger partial charge is 0.368 e. The molecular formula is C10H15N3O2. The summed E-state index contributed by atoms with van der Waals surface area (Å²) in [6.07, 6.45) is 2.28. The summed E-state index contributed by atoms with van der Waals surface area (Å²) in [5.74, 6) is -0.476. The Morgan fingerprint density at radius 3 is 2.53 bits per heavy atom. The van der Waals surface area contributed by atoms with E-state index in [1.807, 2.05) is 20.8 Å². The average molecular weight is 209 g/mol. The number of aldehydes is 1. The van der Waals surface area contributed by atoms with Crippen LogP contribution in [-0.2, 0) is 16.8 Å². The van der Waals surface area contributed by atoms with Crippen LogP contribution in [0.3, 0.4) is 0 Å². The van der Waals surface area contributed by atoms with E-state index in [0.29, 0.717) is 11.3 Å². The molecule has 5 nitrogen and oxygen atoms in total. The summed E-state index contributed by atoms with van der Waals surface area (Å²) in [5, 5.41) is 4.18. The van der Waals surface area contributed by atoms with Crippen molar-refractivity contribution in [3.63, 3.8) is 0 Å². The molecule has 82 valence electrons. The zero-order chi connectivity index (χ0) is 11.6. The number of rotatable bonds is 3. The van der Waals surface area contributed by atoms with Gasteiger partial charge in [-0.25, -0.2) is 0 Å². The summed E-state index contributed by atoms with van der Waals surface area (Å²) in [7, 11) is 0. The Labute approximate surface area is 88.3 Å². The Morgan fingerprint density at radius 1 is 1.60 bits per heavy atom. The van der Waals surface area contributed by atoms with Crippen LogP contribution in [0.5, 0.6) is 0 Å². The summed E-state index contributed by atoms with van der Waals surface area (Å²) in [5.41, 5.74) is 6.01. The van der Waals surface area contributed by atoms with Crippen LogP contribution < -0.4 is 5.73 Å². The number of carbonyl (C=O) groups excluding carboxylic acids is 2. The van der Waals surface area contributed by atoms with E-state index < -0.39 is 5.91 Å². The van der Waals surface area contributed by atoms with E-state index in [0.717, 1.165) is 6.29 Å². The smallest absolute Gasteiger partial charge is 0.239 e. The highest BCUT2D eigenvalue weighted by molar-refractivity contribution is 5.77. The Balaban J connectivity index is 3.11. The highest BCUT2D eigenvalue weighted by atomic mass is 16.1. The molecule has 1 amide bonds. The lowest BCUT2D eigenvalue weighted by atomic mass is 9.90. The third kappa shape index (κ3) is 2.65. The molecule has 0 fully saturated rings. The first-order valence-electron chi connectivity index (χ1n) is 4.66. The predicted molar refractivity (Wildman–Crippen MR) is 55.5 cm³/mol. The van der Waals surface area contributed by atoms with E-state index in [-0.39, 0.29) is 12.0 Å². The van der Waals surface area contributed by atoms with Gasteiger partial charge in [0.2, 0.25) is 5.91 Å². The second-order valence-electron chi connectivity index (χ2n) is 4.46.